The molecule has 4 heteroatoms. The Morgan fingerprint density at radius 1 is 1.31 bits per heavy atom. The van der Waals surface area contributed by atoms with Gasteiger partial charge in [0.2, 0.25) is 5.91 Å². The number of likely N-dealkylation sites (tertiary alicyclic amines) is 1. The molecule has 0 radical (unpaired) electrons. The molecule has 1 aliphatic heterocycles. The number of carbonyl (C=O) groups excluding carboxylic acids is 1. The van der Waals surface area contributed by atoms with Gasteiger partial charge in [-0.15, -0.1) is 0 Å². The summed E-state index contributed by atoms with van der Waals surface area (Å²) in [6.07, 6.45) is 5.99. The molecule has 2 rings (SSSR count). The molecule has 0 aromatic carbocycles. The van der Waals surface area contributed by atoms with E-state index >= 15 is 0 Å². The lowest BCUT2D eigenvalue weighted by atomic mass is 9.86. The number of carbonyl (C=O) groups is 1. The van der Waals surface area contributed by atoms with Gasteiger partial charge in [-0.1, -0.05) is 22.4 Å². The van der Waals surface area contributed by atoms with Crippen LogP contribution in [0.3, 0.4) is 0 Å². The van der Waals surface area contributed by atoms with E-state index in [9.17, 15) is 9.90 Å². The molecule has 0 aromatic heterocycles. The van der Waals surface area contributed by atoms with Crippen molar-refractivity contribution in [1.82, 2.24) is 4.90 Å². The van der Waals surface area contributed by atoms with Gasteiger partial charge in [0.15, 0.2) is 0 Å². The number of aliphatic hydroxyl groups excluding tert-OH is 1. The zero-order chi connectivity index (χ0) is 11.5. The minimum atomic E-state index is -0.140. The highest BCUT2D eigenvalue weighted by Crippen LogP contribution is 2.27. The molecule has 1 amide bonds. The van der Waals surface area contributed by atoms with E-state index in [1.165, 1.54) is 0 Å². The predicted molar refractivity (Wildman–Crippen MR) is 66.5 cm³/mol. The molecule has 0 spiro atoms. The Hall–Kier alpha value is -0.0900. The summed E-state index contributed by atoms with van der Waals surface area (Å²) < 4.78 is 0. The number of aliphatic hydroxyl groups is 1. The minimum absolute atomic E-state index is 0.0229. The molecular formula is C12H20BrNO2. The highest BCUT2D eigenvalue weighted by atomic mass is 79.9. The lowest BCUT2D eigenvalue weighted by Crippen LogP contribution is -2.44. The first-order valence-corrected chi connectivity index (χ1v) is 7.19. The van der Waals surface area contributed by atoms with Crippen molar-refractivity contribution in [3.05, 3.63) is 0 Å². The normalized spacial score (nSPS) is 36.5. The Labute approximate surface area is 105 Å². The molecule has 16 heavy (non-hydrogen) atoms. The molecule has 0 aromatic rings. The average molecular weight is 290 g/mol. The molecule has 3 unspecified atom stereocenters. The van der Waals surface area contributed by atoms with Crippen molar-refractivity contribution in [3.8, 4) is 0 Å². The van der Waals surface area contributed by atoms with E-state index in [4.69, 9.17) is 0 Å². The Kier molecular flexibility index (Phi) is 4.25. The first-order valence-electron chi connectivity index (χ1n) is 6.27. The second kappa shape index (κ2) is 5.50. The SMILES string of the molecule is O=C1C(Br)CCCN1CC1CCCC(O)C1. The Morgan fingerprint density at radius 2 is 2.12 bits per heavy atom. The molecule has 1 saturated carbocycles. The fourth-order valence-electron chi connectivity index (χ4n) is 2.81. The zero-order valence-electron chi connectivity index (χ0n) is 9.57. The van der Waals surface area contributed by atoms with E-state index in [0.717, 1.165) is 51.6 Å². The average Bonchev–Trinajstić information content (AvgIpc) is 2.25. The van der Waals surface area contributed by atoms with Crippen LogP contribution < -0.4 is 0 Å². The van der Waals surface area contributed by atoms with E-state index in [1.807, 2.05) is 4.90 Å². The second-order valence-corrected chi connectivity index (χ2v) is 6.19. The molecule has 92 valence electrons. The van der Waals surface area contributed by atoms with Gasteiger partial charge < -0.3 is 10.0 Å². The van der Waals surface area contributed by atoms with Gasteiger partial charge in [-0.25, -0.2) is 0 Å². The van der Waals surface area contributed by atoms with Crippen LogP contribution in [0.25, 0.3) is 0 Å². The van der Waals surface area contributed by atoms with E-state index in [-0.39, 0.29) is 16.8 Å². The van der Waals surface area contributed by atoms with Gasteiger partial charge in [0.25, 0.3) is 0 Å². The summed E-state index contributed by atoms with van der Waals surface area (Å²) in [5.41, 5.74) is 0. The number of nitrogens with zero attached hydrogens (tertiary/aromatic N) is 1. The van der Waals surface area contributed by atoms with Crippen LogP contribution in [0.4, 0.5) is 0 Å². The topological polar surface area (TPSA) is 40.5 Å². The van der Waals surface area contributed by atoms with Crippen LogP contribution in [-0.2, 0) is 4.79 Å². The molecule has 0 bridgehead atoms. The summed E-state index contributed by atoms with van der Waals surface area (Å²) in [6.45, 7) is 1.74. The molecule has 2 aliphatic rings. The van der Waals surface area contributed by atoms with Crippen molar-refractivity contribution in [2.24, 2.45) is 5.92 Å². The fraction of sp³-hybridized carbons (Fsp3) is 0.917. The molecule has 1 saturated heterocycles. The minimum Gasteiger partial charge on any atom is -0.393 e. The Balaban J connectivity index is 1.86. The van der Waals surface area contributed by atoms with Crippen molar-refractivity contribution >= 4 is 21.8 Å². The van der Waals surface area contributed by atoms with Crippen LogP contribution >= 0.6 is 15.9 Å². The van der Waals surface area contributed by atoms with Crippen molar-refractivity contribution < 1.29 is 9.90 Å². The first kappa shape index (κ1) is 12.4. The van der Waals surface area contributed by atoms with Gasteiger partial charge in [-0.3, -0.25) is 4.79 Å². The van der Waals surface area contributed by atoms with Crippen molar-refractivity contribution in [2.45, 2.75) is 49.5 Å². The molecule has 2 fully saturated rings. The summed E-state index contributed by atoms with van der Waals surface area (Å²) in [7, 11) is 0. The van der Waals surface area contributed by atoms with Gasteiger partial charge in [0, 0.05) is 13.1 Å². The lowest BCUT2D eigenvalue weighted by Gasteiger charge is -2.35. The lowest BCUT2D eigenvalue weighted by molar-refractivity contribution is -0.133. The number of halogens is 1. The van der Waals surface area contributed by atoms with Crippen molar-refractivity contribution in [3.63, 3.8) is 0 Å². The fourth-order valence-corrected chi connectivity index (χ4v) is 3.43. The maximum absolute atomic E-state index is 11.9. The number of hydrogen-bond donors (Lipinski definition) is 1. The quantitative estimate of drug-likeness (QED) is 0.789. The third-order valence-electron chi connectivity index (χ3n) is 3.70. The van der Waals surface area contributed by atoms with E-state index in [1.54, 1.807) is 0 Å². The number of hydrogen-bond acceptors (Lipinski definition) is 2. The number of piperidine rings is 1. The van der Waals surface area contributed by atoms with Crippen LogP contribution in [0.5, 0.6) is 0 Å². The molecule has 3 atom stereocenters. The third-order valence-corrected chi connectivity index (χ3v) is 4.55. The number of rotatable bonds is 2. The van der Waals surface area contributed by atoms with Gasteiger partial charge in [0.05, 0.1) is 10.9 Å². The van der Waals surface area contributed by atoms with Crippen LogP contribution in [0.15, 0.2) is 0 Å². The maximum atomic E-state index is 11.9. The van der Waals surface area contributed by atoms with E-state index in [2.05, 4.69) is 15.9 Å². The van der Waals surface area contributed by atoms with Crippen LogP contribution in [0, 0.1) is 5.92 Å². The standard InChI is InChI=1S/C12H20BrNO2/c13-11-5-2-6-14(12(11)16)8-9-3-1-4-10(15)7-9/h9-11,15H,1-8H2. The highest BCUT2D eigenvalue weighted by Gasteiger charge is 2.29. The summed E-state index contributed by atoms with van der Waals surface area (Å²) in [5, 5.41) is 9.61. The van der Waals surface area contributed by atoms with E-state index in [0.29, 0.717) is 5.92 Å². The van der Waals surface area contributed by atoms with Crippen LogP contribution in [-0.4, -0.2) is 39.9 Å². The van der Waals surface area contributed by atoms with Crippen molar-refractivity contribution in [1.29, 1.82) is 0 Å². The van der Waals surface area contributed by atoms with Gasteiger partial charge >= 0.3 is 0 Å². The monoisotopic (exact) mass is 289 g/mol. The van der Waals surface area contributed by atoms with Crippen LogP contribution in [0.1, 0.15) is 38.5 Å². The largest absolute Gasteiger partial charge is 0.393 e. The summed E-state index contributed by atoms with van der Waals surface area (Å²) in [6, 6.07) is 0. The van der Waals surface area contributed by atoms with Crippen molar-refractivity contribution in [2.75, 3.05) is 13.1 Å². The highest BCUT2D eigenvalue weighted by molar-refractivity contribution is 9.10. The third kappa shape index (κ3) is 2.98. The van der Waals surface area contributed by atoms with Gasteiger partial charge in [-0.2, -0.15) is 0 Å². The smallest absolute Gasteiger partial charge is 0.236 e. The molecule has 1 N–H and O–H groups in total. The van der Waals surface area contributed by atoms with Gasteiger partial charge in [0.1, 0.15) is 0 Å². The summed E-state index contributed by atoms with van der Waals surface area (Å²) in [5.74, 6) is 0.747. The number of alkyl halides is 1. The first-order chi connectivity index (χ1) is 7.66. The molecule has 1 heterocycles. The second-order valence-electron chi connectivity index (χ2n) is 5.08. The molecule has 3 nitrogen and oxygen atoms in total. The summed E-state index contributed by atoms with van der Waals surface area (Å²) in [4.78, 5) is 13.9. The molecular weight excluding hydrogens is 270 g/mol. The van der Waals surface area contributed by atoms with Gasteiger partial charge in [-0.05, 0) is 38.0 Å². The maximum Gasteiger partial charge on any atom is 0.236 e. The summed E-state index contributed by atoms with van der Waals surface area (Å²) >= 11 is 3.43. The van der Waals surface area contributed by atoms with E-state index < -0.39 is 0 Å². The predicted octanol–water partition coefficient (Wildman–Crippen LogP) is 1.92. The number of amides is 1. The Bertz CT molecular complexity index is 259. The Morgan fingerprint density at radius 3 is 2.88 bits per heavy atom. The van der Waals surface area contributed by atoms with Crippen LogP contribution in [0.2, 0.25) is 0 Å². The zero-order valence-corrected chi connectivity index (χ0v) is 11.2. The molecule has 1 aliphatic carbocycles.